The van der Waals surface area contributed by atoms with E-state index < -0.39 is 5.92 Å². The molecule has 0 spiro atoms. The number of hydrogen-bond acceptors (Lipinski definition) is 3. The first kappa shape index (κ1) is 17.5. The van der Waals surface area contributed by atoms with Crippen molar-refractivity contribution in [2.75, 3.05) is 7.05 Å². The van der Waals surface area contributed by atoms with Crippen LogP contribution in [0.5, 0.6) is 0 Å². The summed E-state index contributed by atoms with van der Waals surface area (Å²) in [7, 11) is 1.78. The topological polar surface area (TPSA) is 49.4 Å². The first-order valence-corrected chi connectivity index (χ1v) is 9.76. The molecule has 1 aromatic heterocycles. The molecule has 2 heterocycles. The van der Waals surface area contributed by atoms with E-state index in [1.807, 2.05) is 66.0 Å². The highest BCUT2D eigenvalue weighted by molar-refractivity contribution is 7.10. The van der Waals surface area contributed by atoms with Crippen LogP contribution in [0.25, 0.3) is 0 Å². The predicted octanol–water partition coefficient (Wildman–Crippen LogP) is 3.98. The van der Waals surface area contributed by atoms with Gasteiger partial charge in [0.05, 0.1) is 12.0 Å². The molecule has 3 aromatic rings. The molecule has 0 radical (unpaired) electrons. The van der Waals surface area contributed by atoms with E-state index in [2.05, 4.69) is 5.32 Å². The highest BCUT2D eigenvalue weighted by Crippen LogP contribution is 2.43. The molecular weight excluding hydrogens is 356 g/mol. The van der Waals surface area contributed by atoms with E-state index in [9.17, 15) is 9.59 Å². The molecule has 2 aromatic carbocycles. The van der Waals surface area contributed by atoms with Gasteiger partial charge in [-0.3, -0.25) is 9.59 Å². The fourth-order valence-corrected chi connectivity index (χ4v) is 4.57. The Kier molecular flexibility index (Phi) is 4.77. The molecule has 4 nitrogen and oxygen atoms in total. The molecule has 1 aliphatic rings. The van der Waals surface area contributed by atoms with Crippen molar-refractivity contribution in [1.29, 1.82) is 0 Å². The van der Waals surface area contributed by atoms with Gasteiger partial charge in [0, 0.05) is 24.0 Å². The number of rotatable bonds is 4. The summed E-state index contributed by atoms with van der Waals surface area (Å²) in [6.07, 6.45) is 0. The van der Waals surface area contributed by atoms with Gasteiger partial charge in [-0.05, 0) is 28.6 Å². The second-order valence-corrected chi connectivity index (χ2v) is 7.62. The molecule has 0 bridgehead atoms. The number of nitrogens with one attached hydrogen (secondary N) is 1. The number of amides is 2. The summed E-state index contributed by atoms with van der Waals surface area (Å²) in [5.74, 6) is -0.550. The Bertz CT molecular complexity index is 953. The molecule has 0 saturated carbocycles. The van der Waals surface area contributed by atoms with E-state index >= 15 is 0 Å². The predicted molar refractivity (Wildman–Crippen MR) is 107 cm³/mol. The lowest BCUT2D eigenvalue weighted by atomic mass is 9.81. The average Bonchev–Trinajstić information content (AvgIpc) is 3.24. The number of fused-ring (bicyclic) bond motifs is 1. The zero-order chi connectivity index (χ0) is 18.8. The number of hydrogen-bond donors (Lipinski definition) is 1. The highest BCUT2D eigenvalue weighted by Gasteiger charge is 2.42. The summed E-state index contributed by atoms with van der Waals surface area (Å²) in [6, 6.07) is 20.9. The van der Waals surface area contributed by atoms with Gasteiger partial charge in [0.2, 0.25) is 5.91 Å². The van der Waals surface area contributed by atoms with Crippen molar-refractivity contribution in [3.63, 3.8) is 0 Å². The second kappa shape index (κ2) is 7.37. The van der Waals surface area contributed by atoms with E-state index in [0.29, 0.717) is 12.1 Å². The zero-order valence-corrected chi connectivity index (χ0v) is 15.8. The zero-order valence-electron chi connectivity index (χ0n) is 15.0. The lowest BCUT2D eigenvalue weighted by Gasteiger charge is -2.39. The lowest BCUT2D eigenvalue weighted by Crippen LogP contribution is -2.45. The Morgan fingerprint density at radius 2 is 1.78 bits per heavy atom. The van der Waals surface area contributed by atoms with Gasteiger partial charge in [-0.25, -0.2) is 0 Å². The SMILES string of the molecule is CN1C(=O)c2ccccc2[C@@H](C(=O)NCc2ccccc2)[C@H]1c1cccs1. The van der Waals surface area contributed by atoms with E-state index in [0.717, 1.165) is 16.0 Å². The van der Waals surface area contributed by atoms with Gasteiger partial charge in [-0.2, -0.15) is 0 Å². The fraction of sp³-hybridized carbons (Fsp3) is 0.182. The van der Waals surface area contributed by atoms with Crippen molar-refractivity contribution in [1.82, 2.24) is 10.2 Å². The molecule has 5 heteroatoms. The second-order valence-electron chi connectivity index (χ2n) is 6.64. The molecule has 0 saturated heterocycles. The maximum Gasteiger partial charge on any atom is 0.254 e. The minimum atomic E-state index is -0.439. The van der Waals surface area contributed by atoms with Crippen molar-refractivity contribution < 1.29 is 9.59 Å². The average molecular weight is 376 g/mol. The van der Waals surface area contributed by atoms with Crippen LogP contribution in [0.15, 0.2) is 72.1 Å². The van der Waals surface area contributed by atoms with Crippen LogP contribution in [0.4, 0.5) is 0 Å². The molecule has 0 unspecified atom stereocenters. The summed E-state index contributed by atoms with van der Waals surface area (Å²) < 4.78 is 0. The van der Waals surface area contributed by atoms with Gasteiger partial charge in [0.1, 0.15) is 0 Å². The van der Waals surface area contributed by atoms with Crippen LogP contribution in [0.3, 0.4) is 0 Å². The van der Waals surface area contributed by atoms with E-state index in [1.165, 1.54) is 0 Å². The van der Waals surface area contributed by atoms with Crippen molar-refractivity contribution in [2.24, 2.45) is 0 Å². The van der Waals surface area contributed by atoms with Crippen LogP contribution >= 0.6 is 11.3 Å². The number of thiophene rings is 1. The van der Waals surface area contributed by atoms with Crippen molar-refractivity contribution >= 4 is 23.2 Å². The quantitative estimate of drug-likeness (QED) is 0.749. The Balaban J connectivity index is 1.70. The monoisotopic (exact) mass is 376 g/mol. The molecule has 0 fully saturated rings. The Hall–Kier alpha value is -2.92. The highest BCUT2D eigenvalue weighted by atomic mass is 32.1. The first-order chi connectivity index (χ1) is 13.2. The third-order valence-electron chi connectivity index (χ3n) is 5.01. The Morgan fingerprint density at radius 3 is 2.52 bits per heavy atom. The third-order valence-corrected chi connectivity index (χ3v) is 5.95. The summed E-state index contributed by atoms with van der Waals surface area (Å²) in [4.78, 5) is 28.8. The molecule has 136 valence electrons. The number of benzene rings is 2. The summed E-state index contributed by atoms with van der Waals surface area (Å²) in [6.45, 7) is 0.465. The Morgan fingerprint density at radius 1 is 1.04 bits per heavy atom. The van der Waals surface area contributed by atoms with Gasteiger partial charge >= 0.3 is 0 Å². The van der Waals surface area contributed by atoms with Gasteiger partial charge < -0.3 is 10.2 Å². The maximum absolute atomic E-state index is 13.2. The lowest BCUT2D eigenvalue weighted by molar-refractivity contribution is -0.124. The van der Waals surface area contributed by atoms with Gasteiger partial charge in [-0.1, -0.05) is 54.6 Å². The van der Waals surface area contributed by atoms with Crippen molar-refractivity contribution in [3.8, 4) is 0 Å². The van der Waals surface area contributed by atoms with Gasteiger partial charge in [-0.15, -0.1) is 11.3 Å². The first-order valence-electron chi connectivity index (χ1n) is 8.88. The van der Waals surface area contributed by atoms with Crippen LogP contribution in [0.1, 0.15) is 38.3 Å². The molecule has 2 amide bonds. The van der Waals surface area contributed by atoms with Crippen LogP contribution in [0, 0.1) is 0 Å². The van der Waals surface area contributed by atoms with Crippen LogP contribution in [-0.4, -0.2) is 23.8 Å². The minimum absolute atomic E-state index is 0.0453. The van der Waals surface area contributed by atoms with Crippen LogP contribution in [0.2, 0.25) is 0 Å². The molecule has 4 rings (SSSR count). The molecule has 1 aliphatic heterocycles. The minimum Gasteiger partial charge on any atom is -0.351 e. The van der Waals surface area contributed by atoms with Crippen LogP contribution in [-0.2, 0) is 11.3 Å². The largest absolute Gasteiger partial charge is 0.351 e. The maximum atomic E-state index is 13.2. The summed E-state index contributed by atoms with van der Waals surface area (Å²) in [5.41, 5.74) is 2.45. The number of carbonyl (C=O) groups excluding carboxylic acids is 2. The fourth-order valence-electron chi connectivity index (χ4n) is 3.67. The normalized spacial score (nSPS) is 18.9. The summed E-state index contributed by atoms with van der Waals surface area (Å²) in [5, 5.41) is 5.04. The number of likely N-dealkylation sites (N-methyl/N-ethyl adjacent to an activating group) is 1. The standard InChI is InChI=1S/C22H20N2O2S/c1-24-20(18-12-7-13-27-18)19(16-10-5-6-11-17(16)22(24)26)21(25)23-14-15-8-3-2-4-9-15/h2-13,19-20H,14H2,1H3,(H,23,25)/t19-,20-/m1/s1. The van der Waals surface area contributed by atoms with E-state index in [4.69, 9.17) is 0 Å². The van der Waals surface area contributed by atoms with Crippen molar-refractivity contribution in [3.05, 3.63) is 93.7 Å². The Labute approximate surface area is 162 Å². The molecule has 2 atom stereocenters. The molecule has 0 aliphatic carbocycles. The van der Waals surface area contributed by atoms with Crippen LogP contribution < -0.4 is 5.32 Å². The molecular formula is C22H20N2O2S. The third kappa shape index (κ3) is 3.26. The molecule has 27 heavy (non-hydrogen) atoms. The van der Waals surface area contributed by atoms with E-state index in [-0.39, 0.29) is 17.9 Å². The van der Waals surface area contributed by atoms with Gasteiger partial charge in [0.15, 0.2) is 0 Å². The van der Waals surface area contributed by atoms with E-state index in [1.54, 1.807) is 29.4 Å². The number of nitrogens with zero attached hydrogens (tertiary/aromatic N) is 1. The number of carbonyl (C=O) groups is 2. The summed E-state index contributed by atoms with van der Waals surface area (Å²) >= 11 is 1.57. The van der Waals surface area contributed by atoms with Crippen molar-refractivity contribution in [2.45, 2.75) is 18.5 Å². The van der Waals surface area contributed by atoms with Gasteiger partial charge in [0.25, 0.3) is 5.91 Å². The smallest absolute Gasteiger partial charge is 0.254 e. The molecule has 1 N–H and O–H groups in total.